The number of urea groups is 1. The van der Waals surface area contributed by atoms with E-state index in [2.05, 4.69) is 20.5 Å². The first-order valence-corrected chi connectivity index (χ1v) is 9.48. The second-order valence-electron chi connectivity index (χ2n) is 6.44. The molecule has 0 bridgehead atoms. The summed E-state index contributed by atoms with van der Waals surface area (Å²) in [7, 11) is 0. The average Bonchev–Trinajstić information content (AvgIpc) is 3.17. The van der Waals surface area contributed by atoms with Gasteiger partial charge in [-0.05, 0) is 49.1 Å². The number of benzene rings is 1. The van der Waals surface area contributed by atoms with Gasteiger partial charge in [0.25, 0.3) is 0 Å². The van der Waals surface area contributed by atoms with Crippen LogP contribution in [0.3, 0.4) is 0 Å². The van der Waals surface area contributed by atoms with Crippen molar-refractivity contribution < 1.29 is 4.79 Å². The second kappa shape index (κ2) is 8.60. The van der Waals surface area contributed by atoms with E-state index in [-0.39, 0.29) is 12.1 Å². The molecule has 1 fully saturated rings. The number of hydrogen-bond acceptors (Lipinski definition) is 3. The van der Waals surface area contributed by atoms with Gasteiger partial charge in [0.1, 0.15) is 5.82 Å². The van der Waals surface area contributed by atoms with E-state index in [0.717, 1.165) is 30.0 Å². The molecule has 1 aliphatic heterocycles. The van der Waals surface area contributed by atoms with Crippen LogP contribution in [0.1, 0.15) is 36.9 Å². The maximum Gasteiger partial charge on any atom is 0.315 e. The molecule has 2 heterocycles. The first kappa shape index (κ1) is 18.8. The quantitative estimate of drug-likeness (QED) is 0.784. The fourth-order valence-corrected chi connectivity index (χ4v) is 3.26. The number of anilines is 1. The predicted molar refractivity (Wildman–Crippen MR) is 106 cm³/mol. The van der Waals surface area contributed by atoms with Crippen LogP contribution in [0.2, 0.25) is 10.0 Å². The standard InChI is InChI=1S/C19H22Cl2N4O/c1-13(15-5-6-16(20)17(21)10-15)24-19(26)23-12-14-4-7-18(22-11-14)25-8-2-3-9-25/h4-7,10-11,13H,2-3,8-9,12H2,1H3,(H2,23,24,26). The van der Waals surface area contributed by atoms with Gasteiger partial charge in [-0.15, -0.1) is 0 Å². The molecule has 1 saturated heterocycles. The molecule has 5 nitrogen and oxygen atoms in total. The van der Waals surface area contributed by atoms with Gasteiger partial charge in [0.15, 0.2) is 0 Å². The fourth-order valence-electron chi connectivity index (χ4n) is 2.95. The Balaban J connectivity index is 1.49. The number of rotatable bonds is 5. The van der Waals surface area contributed by atoms with Crippen molar-refractivity contribution in [3.05, 3.63) is 57.7 Å². The van der Waals surface area contributed by atoms with Crippen LogP contribution >= 0.6 is 23.2 Å². The molecule has 1 atom stereocenters. The number of halogens is 2. The highest BCUT2D eigenvalue weighted by Crippen LogP contribution is 2.25. The van der Waals surface area contributed by atoms with E-state index in [4.69, 9.17) is 23.2 Å². The van der Waals surface area contributed by atoms with E-state index in [9.17, 15) is 4.79 Å². The van der Waals surface area contributed by atoms with E-state index in [1.54, 1.807) is 12.1 Å². The topological polar surface area (TPSA) is 57.3 Å². The largest absolute Gasteiger partial charge is 0.357 e. The molecular weight excluding hydrogens is 371 g/mol. The first-order chi connectivity index (χ1) is 12.5. The number of hydrogen-bond donors (Lipinski definition) is 2. The summed E-state index contributed by atoms with van der Waals surface area (Å²) in [6.07, 6.45) is 4.26. The van der Waals surface area contributed by atoms with Gasteiger partial charge in [0, 0.05) is 25.8 Å². The summed E-state index contributed by atoms with van der Waals surface area (Å²) >= 11 is 11.9. The highest BCUT2D eigenvalue weighted by molar-refractivity contribution is 6.42. The van der Waals surface area contributed by atoms with E-state index < -0.39 is 0 Å². The number of carbonyl (C=O) groups is 1. The summed E-state index contributed by atoms with van der Waals surface area (Å²) in [6.45, 7) is 4.46. The Bertz CT molecular complexity index is 761. The van der Waals surface area contributed by atoms with Gasteiger partial charge in [-0.2, -0.15) is 0 Å². The number of pyridine rings is 1. The molecule has 0 spiro atoms. The zero-order valence-electron chi connectivity index (χ0n) is 14.6. The fraction of sp³-hybridized carbons (Fsp3) is 0.368. The Morgan fingerprint density at radius 1 is 1.19 bits per heavy atom. The van der Waals surface area contributed by atoms with Crippen molar-refractivity contribution in [1.29, 1.82) is 0 Å². The van der Waals surface area contributed by atoms with Crippen molar-refractivity contribution in [1.82, 2.24) is 15.6 Å². The summed E-state index contributed by atoms with van der Waals surface area (Å²) in [6, 6.07) is 8.92. The highest BCUT2D eigenvalue weighted by Gasteiger charge is 2.13. The van der Waals surface area contributed by atoms with Gasteiger partial charge in [-0.1, -0.05) is 35.3 Å². The normalized spacial score (nSPS) is 15.0. The first-order valence-electron chi connectivity index (χ1n) is 8.72. The van der Waals surface area contributed by atoms with Crippen LogP contribution in [-0.2, 0) is 6.54 Å². The number of nitrogens with zero attached hydrogens (tertiary/aromatic N) is 2. The molecule has 1 aromatic carbocycles. The molecule has 1 aliphatic rings. The average molecular weight is 393 g/mol. The Morgan fingerprint density at radius 2 is 1.96 bits per heavy atom. The van der Waals surface area contributed by atoms with Gasteiger partial charge < -0.3 is 15.5 Å². The van der Waals surface area contributed by atoms with Crippen LogP contribution in [0.5, 0.6) is 0 Å². The second-order valence-corrected chi connectivity index (χ2v) is 7.26. The molecule has 3 rings (SSSR count). The molecule has 2 N–H and O–H groups in total. The van der Waals surface area contributed by atoms with E-state index in [0.29, 0.717) is 16.6 Å². The predicted octanol–water partition coefficient (Wildman–Crippen LogP) is 4.55. The molecule has 1 aromatic heterocycles. The molecule has 2 amide bonds. The van der Waals surface area contributed by atoms with Crippen LogP contribution in [-0.4, -0.2) is 24.1 Å². The molecule has 0 aliphatic carbocycles. The van der Waals surface area contributed by atoms with Crippen molar-refractivity contribution in [2.24, 2.45) is 0 Å². The molecule has 0 radical (unpaired) electrons. The van der Waals surface area contributed by atoms with E-state index in [1.165, 1.54) is 12.8 Å². The van der Waals surface area contributed by atoms with Gasteiger partial charge in [0.2, 0.25) is 0 Å². The summed E-state index contributed by atoms with van der Waals surface area (Å²) < 4.78 is 0. The summed E-state index contributed by atoms with van der Waals surface area (Å²) in [4.78, 5) is 18.9. The number of aromatic nitrogens is 1. The number of amides is 2. The molecule has 1 unspecified atom stereocenters. The van der Waals surface area contributed by atoms with E-state index in [1.807, 2.05) is 31.3 Å². The summed E-state index contributed by atoms with van der Waals surface area (Å²) in [5.41, 5.74) is 1.86. The lowest BCUT2D eigenvalue weighted by atomic mass is 10.1. The number of nitrogens with one attached hydrogen (secondary N) is 2. The third-order valence-corrected chi connectivity index (χ3v) is 5.22. The van der Waals surface area contributed by atoms with Crippen molar-refractivity contribution in [3.8, 4) is 0 Å². The van der Waals surface area contributed by atoms with E-state index >= 15 is 0 Å². The number of carbonyl (C=O) groups excluding carboxylic acids is 1. The monoisotopic (exact) mass is 392 g/mol. The minimum Gasteiger partial charge on any atom is -0.357 e. The van der Waals surface area contributed by atoms with Crippen LogP contribution < -0.4 is 15.5 Å². The third kappa shape index (κ3) is 4.80. The van der Waals surface area contributed by atoms with Crippen molar-refractivity contribution in [2.45, 2.75) is 32.4 Å². The van der Waals surface area contributed by atoms with Crippen LogP contribution in [0.4, 0.5) is 10.6 Å². The zero-order valence-corrected chi connectivity index (χ0v) is 16.1. The molecule has 7 heteroatoms. The molecule has 2 aromatic rings. The lowest BCUT2D eigenvalue weighted by Gasteiger charge is -2.17. The Kier molecular flexibility index (Phi) is 6.22. The molecule has 0 saturated carbocycles. The smallest absolute Gasteiger partial charge is 0.315 e. The Labute approximate surface area is 163 Å². The molecule has 26 heavy (non-hydrogen) atoms. The van der Waals surface area contributed by atoms with Crippen LogP contribution in [0.15, 0.2) is 36.5 Å². The van der Waals surface area contributed by atoms with Gasteiger partial charge in [-0.25, -0.2) is 9.78 Å². The van der Waals surface area contributed by atoms with Gasteiger partial charge in [-0.3, -0.25) is 0 Å². The highest BCUT2D eigenvalue weighted by atomic mass is 35.5. The molecule has 138 valence electrons. The lowest BCUT2D eigenvalue weighted by molar-refractivity contribution is 0.237. The van der Waals surface area contributed by atoms with Crippen molar-refractivity contribution in [3.63, 3.8) is 0 Å². The van der Waals surface area contributed by atoms with Gasteiger partial charge >= 0.3 is 6.03 Å². The maximum atomic E-state index is 12.1. The Hall–Kier alpha value is -1.98. The molecular formula is C19H22Cl2N4O. The Morgan fingerprint density at radius 3 is 2.62 bits per heavy atom. The van der Waals surface area contributed by atoms with Crippen LogP contribution in [0, 0.1) is 0 Å². The lowest BCUT2D eigenvalue weighted by Crippen LogP contribution is -2.36. The van der Waals surface area contributed by atoms with Crippen LogP contribution in [0.25, 0.3) is 0 Å². The van der Waals surface area contributed by atoms with Gasteiger partial charge in [0.05, 0.1) is 16.1 Å². The summed E-state index contributed by atoms with van der Waals surface area (Å²) in [5, 5.41) is 6.71. The SMILES string of the molecule is CC(NC(=O)NCc1ccc(N2CCCC2)nc1)c1ccc(Cl)c(Cl)c1. The maximum absolute atomic E-state index is 12.1. The minimum absolute atomic E-state index is 0.180. The van der Waals surface area contributed by atoms with Crippen molar-refractivity contribution >= 4 is 35.1 Å². The minimum atomic E-state index is -0.243. The summed E-state index contributed by atoms with van der Waals surface area (Å²) in [5.74, 6) is 1.00. The zero-order chi connectivity index (χ0) is 18.5. The third-order valence-electron chi connectivity index (χ3n) is 4.48. The van der Waals surface area contributed by atoms with Crippen molar-refractivity contribution in [2.75, 3.05) is 18.0 Å².